The number of hydrogen-bond donors (Lipinski definition) is 0. The molecule has 0 amide bonds. The number of aryl methyl sites for hydroxylation is 1. The Hall–Kier alpha value is -1.13. The summed E-state index contributed by atoms with van der Waals surface area (Å²) in [6, 6.07) is 7.99. The van der Waals surface area contributed by atoms with Crippen LogP contribution in [0.15, 0.2) is 34.1 Å². The number of thiophene rings is 1. The minimum atomic E-state index is -0.000483. The average molecular weight is 353 g/mol. The van der Waals surface area contributed by atoms with Gasteiger partial charge >= 0.3 is 0 Å². The van der Waals surface area contributed by atoms with Crippen LogP contribution in [0.4, 0.5) is 0 Å². The van der Waals surface area contributed by atoms with E-state index in [1.54, 1.807) is 0 Å². The molecule has 0 N–H and O–H groups in total. The highest BCUT2D eigenvalue weighted by molar-refractivity contribution is 9.10. The quantitative estimate of drug-likeness (QED) is 0.690. The van der Waals surface area contributed by atoms with Crippen LogP contribution in [0.2, 0.25) is 0 Å². The van der Waals surface area contributed by atoms with Crippen molar-refractivity contribution in [2.45, 2.75) is 26.7 Å². The van der Waals surface area contributed by atoms with E-state index < -0.39 is 0 Å². The molecular formula is C16H17BrO2S. The number of ether oxygens (including phenoxy) is 1. The zero-order valence-corrected chi connectivity index (χ0v) is 14.2. The number of hydrogen-bond acceptors (Lipinski definition) is 3. The lowest BCUT2D eigenvalue weighted by Crippen LogP contribution is -2.11. The van der Waals surface area contributed by atoms with Gasteiger partial charge in [-0.1, -0.05) is 19.9 Å². The van der Waals surface area contributed by atoms with Crippen LogP contribution < -0.4 is 4.74 Å². The molecule has 106 valence electrons. The van der Waals surface area contributed by atoms with Crippen molar-refractivity contribution in [3.05, 3.63) is 50.1 Å². The maximum absolute atomic E-state index is 12.1. The summed E-state index contributed by atoms with van der Waals surface area (Å²) in [6.07, 6.45) is 0. The van der Waals surface area contributed by atoms with E-state index in [0.717, 1.165) is 15.8 Å². The van der Waals surface area contributed by atoms with Gasteiger partial charge < -0.3 is 4.74 Å². The predicted octanol–water partition coefficient (Wildman–Crippen LogP) is 5.20. The monoisotopic (exact) mass is 352 g/mol. The van der Waals surface area contributed by atoms with Crippen LogP contribution in [-0.4, -0.2) is 12.4 Å². The molecule has 0 unspecified atom stereocenters. The van der Waals surface area contributed by atoms with Crippen LogP contribution in [0.1, 0.15) is 40.6 Å². The normalized spacial score (nSPS) is 10.8. The minimum Gasteiger partial charge on any atom is -0.485 e. The summed E-state index contributed by atoms with van der Waals surface area (Å²) in [5.41, 5.74) is 2.38. The van der Waals surface area contributed by atoms with Gasteiger partial charge in [0.25, 0.3) is 0 Å². The largest absolute Gasteiger partial charge is 0.485 e. The van der Waals surface area contributed by atoms with Gasteiger partial charge in [-0.2, -0.15) is 0 Å². The molecule has 0 aliphatic carbocycles. The highest BCUT2D eigenvalue weighted by atomic mass is 79.9. The van der Waals surface area contributed by atoms with Gasteiger partial charge in [-0.3, -0.25) is 4.79 Å². The molecule has 0 atom stereocenters. The lowest BCUT2D eigenvalue weighted by Gasteiger charge is -2.11. The highest BCUT2D eigenvalue weighted by Crippen LogP contribution is 2.25. The van der Waals surface area contributed by atoms with E-state index in [1.165, 1.54) is 16.9 Å². The number of benzene rings is 1. The summed E-state index contributed by atoms with van der Waals surface area (Å²) in [5.74, 6) is 1.20. The highest BCUT2D eigenvalue weighted by Gasteiger charge is 2.13. The van der Waals surface area contributed by atoms with E-state index in [1.807, 2.05) is 30.5 Å². The number of carbonyl (C=O) groups is 1. The first-order chi connectivity index (χ1) is 9.47. The molecule has 1 aromatic heterocycles. The Kier molecular flexibility index (Phi) is 5.00. The molecule has 2 nitrogen and oxygen atoms in total. The second-order valence-corrected chi connectivity index (χ2v) is 6.81. The Morgan fingerprint density at radius 1 is 1.35 bits per heavy atom. The molecule has 20 heavy (non-hydrogen) atoms. The van der Waals surface area contributed by atoms with Crippen molar-refractivity contribution in [2.24, 2.45) is 0 Å². The summed E-state index contributed by atoms with van der Waals surface area (Å²) in [7, 11) is 0. The molecule has 0 aliphatic rings. The fourth-order valence-corrected chi connectivity index (χ4v) is 3.42. The lowest BCUT2D eigenvalue weighted by atomic mass is 10.0. The number of Topliss-reactive ketones (excluding diaryl/α,β-unsaturated/α-hetero) is 1. The van der Waals surface area contributed by atoms with Crippen molar-refractivity contribution in [2.75, 3.05) is 6.61 Å². The summed E-state index contributed by atoms with van der Waals surface area (Å²) in [5, 5.41) is 1.89. The Labute approximate surface area is 131 Å². The van der Waals surface area contributed by atoms with Crippen LogP contribution in [0.25, 0.3) is 0 Å². The van der Waals surface area contributed by atoms with Crippen molar-refractivity contribution < 1.29 is 9.53 Å². The number of rotatable bonds is 5. The van der Waals surface area contributed by atoms with Crippen molar-refractivity contribution in [3.63, 3.8) is 0 Å². The van der Waals surface area contributed by atoms with Crippen molar-refractivity contribution in [1.29, 1.82) is 0 Å². The maximum Gasteiger partial charge on any atom is 0.211 e. The number of carbonyl (C=O) groups excluding carboxylic acids is 1. The Morgan fingerprint density at radius 2 is 2.10 bits per heavy atom. The predicted molar refractivity (Wildman–Crippen MR) is 87.1 cm³/mol. The average Bonchev–Trinajstić information content (AvgIpc) is 2.81. The SMILES string of the molecule is Cc1cc(OCC(=O)c2sccc2Br)cc(C(C)C)c1. The van der Waals surface area contributed by atoms with Crippen LogP contribution in [0.5, 0.6) is 5.75 Å². The zero-order chi connectivity index (χ0) is 14.7. The molecule has 2 aromatic rings. The second-order valence-electron chi connectivity index (χ2n) is 5.04. The van der Waals surface area contributed by atoms with Crippen LogP contribution in [0, 0.1) is 6.92 Å². The fourth-order valence-electron chi connectivity index (χ4n) is 1.90. The number of ketones is 1. The molecule has 0 saturated carbocycles. The van der Waals surface area contributed by atoms with Gasteiger partial charge in [0, 0.05) is 4.47 Å². The molecular weight excluding hydrogens is 336 g/mol. The summed E-state index contributed by atoms with van der Waals surface area (Å²) >= 11 is 4.80. The van der Waals surface area contributed by atoms with Gasteiger partial charge in [0.15, 0.2) is 6.61 Å². The van der Waals surface area contributed by atoms with Gasteiger partial charge in [-0.15, -0.1) is 11.3 Å². The summed E-state index contributed by atoms with van der Waals surface area (Å²) < 4.78 is 6.49. The third-order valence-corrected chi connectivity index (χ3v) is 4.86. The lowest BCUT2D eigenvalue weighted by molar-refractivity contribution is 0.0925. The second kappa shape index (κ2) is 6.55. The van der Waals surface area contributed by atoms with Crippen LogP contribution in [-0.2, 0) is 0 Å². The van der Waals surface area contributed by atoms with Gasteiger partial charge in [-0.05, 0) is 63.5 Å². The molecule has 0 bridgehead atoms. The van der Waals surface area contributed by atoms with E-state index in [-0.39, 0.29) is 12.4 Å². The smallest absolute Gasteiger partial charge is 0.211 e. The molecule has 0 fully saturated rings. The van der Waals surface area contributed by atoms with Gasteiger partial charge in [0.05, 0.1) is 4.88 Å². The first-order valence-corrected chi connectivity index (χ1v) is 8.15. The van der Waals surface area contributed by atoms with E-state index in [4.69, 9.17) is 4.74 Å². The van der Waals surface area contributed by atoms with Gasteiger partial charge in [-0.25, -0.2) is 0 Å². The summed E-state index contributed by atoms with van der Waals surface area (Å²) in [4.78, 5) is 12.8. The van der Waals surface area contributed by atoms with Crippen molar-refractivity contribution in [1.82, 2.24) is 0 Å². The number of halogens is 1. The third-order valence-electron chi connectivity index (χ3n) is 2.98. The molecule has 1 heterocycles. The van der Waals surface area contributed by atoms with Gasteiger partial charge in [0.1, 0.15) is 5.75 Å². The minimum absolute atomic E-state index is 0.000483. The Balaban J connectivity index is 2.08. The molecule has 0 radical (unpaired) electrons. The van der Waals surface area contributed by atoms with Crippen LogP contribution >= 0.6 is 27.3 Å². The molecule has 0 aliphatic heterocycles. The zero-order valence-electron chi connectivity index (χ0n) is 11.8. The van der Waals surface area contributed by atoms with Crippen molar-refractivity contribution >= 4 is 33.0 Å². The molecule has 4 heteroatoms. The molecule has 0 saturated heterocycles. The first kappa shape index (κ1) is 15.3. The molecule has 1 aromatic carbocycles. The topological polar surface area (TPSA) is 26.3 Å². The fraction of sp³-hybridized carbons (Fsp3) is 0.312. The van der Waals surface area contributed by atoms with Crippen LogP contribution in [0.3, 0.4) is 0 Å². The van der Waals surface area contributed by atoms with Gasteiger partial charge in [0.2, 0.25) is 5.78 Å². The van der Waals surface area contributed by atoms with E-state index in [0.29, 0.717) is 10.8 Å². The first-order valence-electron chi connectivity index (χ1n) is 6.48. The van der Waals surface area contributed by atoms with E-state index >= 15 is 0 Å². The molecule has 0 spiro atoms. The standard InChI is InChI=1S/C16H17BrO2S/c1-10(2)12-6-11(3)7-13(8-12)19-9-15(18)16-14(17)4-5-20-16/h4-8,10H,9H2,1-3H3. The van der Waals surface area contributed by atoms with E-state index in [9.17, 15) is 4.79 Å². The van der Waals surface area contributed by atoms with Crippen molar-refractivity contribution in [3.8, 4) is 5.75 Å². The van der Waals surface area contributed by atoms with E-state index in [2.05, 4.69) is 35.8 Å². The summed E-state index contributed by atoms with van der Waals surface area (Å²) in [6.45, 7) is 6.40. The Bertz CT molecular complexity index is 617. The molecule has 2 rings (SSSR count). The Morgan fingerprint density at radius 3 is 2.70 bits per heavy atom. The maximum atomic E-state index is 12.1. The third kappa shape index (κ3) is 3.70.